The van der Waals surface area contributed by atoms with Crippen LogP contribution in [0.15, 0.2) is 30.3 Å². The van der Waals surface area contributed by atoms with Crippen LogP contribution in [-0.4, -0.2) is 12.6 Å². The van der Waals surface area contributed by atoms with Crippen LogP contribution in [-0.2, 0) is 9.53 Å². The highest BCUT2D eigenvalue weighted by Gasteiger charge is 2.10. The van der Waals surface area contributed by atoms with Gasteiger partial charge >= 0.3 is 5.97 Å². The summed E-state index contributed by atoms with van der Waals surface area (Å²) in [5, 5.41) is 0. The zero-order valence-electron chi connectivity index (χ0n) is 10.8. The summed E-state index contributed by atoms with van der Waals surface area (Å²) in [4.78, 5) is 11.2. The van der Waals surface area contributed by atoms with Crippen molar-refractivity contribution in [3.05, 3.63) is 35.9 Å². The number of esters is 1. The normalized spacial score (nSPS) is 12.1. The van der Waals surface area contributed by atoms with Crippen molar-refractivity contribution in [1.82, 2.24) is 0 Å². The van der Waals surface area contributed by atoms with Crippen LogP contribution in [0, 0.1) is 0 Å². The molecule has 0 heterocycles. The summed E-state index contributed by atoms with van der Waals surface area (Å²) in [7, 11) is 0. The molecule has 0 bridgehead atoms. The number of carbonyl (C=O) groups is 1. The highest BCUT2D eigenvalue weighted by Crippen LogP contribution is 2.25. The number of benzene rings is 1. The summed E-state index contributed by atoms with van der Waals surface area (Å²) < 4.78 is 4.92. The van der Waals surface area contributed by atoms with Crippen molar-refractivity contribution in [1.29, 1.82) is 0 Å². The fourth-order valence-electron chi connectivity index (χ4n) is 2.06. The molecule has 0 saturated heterocycles. The largest absolute Gasteiger partial charge is 0.466 e. The number of hydrogen-bond acceptors (Lipinski definition) is 2. The summed E-state index contributed by atoms with van der Waals surface area (Å²) in [5.41, 5.74) is 1.37. The van der Waals surface area contributed by atoms with Crippen LogP contribution >= 0.6 is 0 Å². The summed E-state index contributed by atoms with van der Waals surface area (Å²) in [5.74, 6) is 0.487. The van der Waals surface area contributed by atoms with Crippen LogP contribution in [0.25, 0.3) is 0 Å². The Hall–Kier alpha value is -1.31. The minimum Gasteiger partial charge on any atom is -0.466 e. The first-order valence-corrected chi connectivity index (χ1v) is 6.48. The van der Waals surface area contributed by atoms with E-state index in [9.17, 15) is 4.79 Å². The Bertz CT molecular complexity index is 319. The zero-order valence-corrected chi connectivity index (χ0v) is 10.8. The zero-order chi connectivity index (χ0) is 12.5. The second-order valence-corrected chi connectivity index (χ2v) is 4.21. The molecule has 0 amide bonds. The fraction of sp³-hybridized carbons (Fsp3) is 0.533. The van der Waals surface area contributed by atoms with Gasteiger partial charge in [-0.1, -0.05) is 37.3 Å². The third kappa shape index (κ3) is 5.03. The molecule has 17 heavy (non-hydrogen) atoms. The maximum absolute atomic E-state index is 11.2. The molecule has 1 aromatic rings. The Morgan fingerprint density at radius 1 is 1.24 bits per heavy atom. The number of ether oxygens (including phenoxy) is 1. The molecule has 0 saturated carbocycles. The van der Waals surface area contributed by atoms with Crippen LogP contribution in [0.1, 0.15) is 51.0 Å². The Labute approximate surface area is 104 Å². The van der Waals surface area contributed by atoms with Gasteiger partial charge in [-0.2, -0.15) is 0 Å². The van der Waals surface area contributed by atoms with E-state index in [1.807, 2.05) is 13.0 Å². The van der Waals surface area contributed by atoms with Crippen molar-refractivity contribution in [3.8, 4) is 0 Å². The van der Waals surface area contributed by atoms with E-state index in [2.05, 4.69) is 31.2 Å². The van der Waals surface area contributed by atoms with Gasteiger partial charge in [-0.15, -0.1) is 0 Å². The van der Waals surface area contributed by atoms with E-state index in [0.29, 0.717) is 18.9 Å². The Kier molecular flexibility index (Phi) is 6.38. The number of rotatable bonds is 7. The molecule has 0 aromatic heterocycles. The average molecular weight is 234 g/mol. The van der Waals surface area contributed by atoms with Crippen LogP contribution in [0.2, 0.25) is 0 Å². The smallest absolute Gasteiger partial charge is 0.305 e. The molecule has 0 radical (unpaired) electrons. The highest BCUT2D eigenvalue weighted by atomic mass is 16.5. The SMILES string of the molecule is CCOC(=O)CCC[C@H](CC)c1ccccc1. The molecule has 94 valence electrons. The summed E-state index contributed by atoms with van der Waals surface area (Å²) in [6.07, 6.45) is 3.62. The fourth-order valence-corrected chi connectivity index (χ4v) is 2.06. The predicted octanol–water partition coefficient (Wildman–Crippen LogP) is 3.91. The lowest BCUT2D eigenvalue weighted by Gasteiger charge is -2.14. The van der Waals surface area contributed by atoms with Crippen molar-refractivity contribution >= 4 is 5.97 Å². The van der Waals surface area contributed by atoms with Gasteiger partial charge in [0.2, 0.25) is 0 Å². The Morgan fingerprint density at radius 3 is 2.53 bits per heavy atom. The third-order valence-electron chi connectivity index (χ3n) is 3.00. The van der Waals surface area contributed by atoms with Crippen LogP contribution in [0.4, 0.5) is 0 Å². The number of carbonyl (C=O) groups excluding carboxylic acids is 1. The van der Waals surface area contributed by atoms with Crippen molar-refractivity contribution < 1.29 is 9.53 Å². The summed E-state index contributed by atoms with van der Waals surface area (Å²) in [6, 6.07) is 10.5. The van der Waals surface area contributed by atoms with Gasteiger partial charge in [0.1, 0.15) is 0 Å². The van der Waals surface area contributed by atoms with Crippen molar-refractivity contribution in [2.45, 2.75) is 45.4 Å². The first-order valence-electron chi connectivity index (χ1n) is 6.48. The molecule has 0 fully saturated rings. The van der Waals surface area contributed by atoms with Crippen molar-refractivity contribution in [3.63, 3.8) is 0 Å². The lowest BCUT2D eigenvalue weighted by Crippen LogP contribution is -2.05. The number of hydrogen-bond donors (Lipinski definition) is 0. The summed E-state index contributed by atoms with van der Waals surface area (Å²) >= 11 is 0. The summed E-state index contributed by atoms with van der Waals surface area (Å²) in [6.45, 7) is 4.52. The van der Waals surface area contributed by atoms with Gasteiger partial charge in [0.15, 0.2) is 0 Å². The van der Waals surface area contributed by atoms with Gasteiger partial charge in [-0.25, -0.2) is 0 Å². The minimum absolute atomic E-state index is 0.0737. The monoisotopic (exact) mass is 234 g/mol. The topological polar surface area (TPSA) is 26.3 Å². The van der Waals surface area contributed by atoms with E-state index >= 15 is 0 Å². The lowest BCUT2D eigenvalue weighted by atomic mass is 9.91. The van der Waals surface area contributed by atoms with E-state index in [1.165, 1.54) is 5.56 Å². The maximum Gasteiger partial charge on any atom is 0.305 e. The molecule has 0 aliphatic heterocycles. The first-order chi connectivity index (χ1) is 8.27. The van der Waals surface area contributed by atoms with E-state index in [1.54, 1.807) is 0 Å². The van der Waals surface area contributed by atoms with E-state index in [4.69, 9.17) is 4.74 Å². The quantitative estimate of drug-likeness (QED) is 0.668. The molecule has 0 unspecified atom stereocenters. The van der Waals surface area contributed by atoms with Crippen LogP contribution in [0.3, 0.4) is 0 Å². The second-order valence-electron chi connectivity index (χ2n) is 4.21. The van der Waals surface area contributed by atoms with E-state index < -0.39 is 0 Å². The lowest BCUT2D eigenvalue weighted by molar-refractivity contribution is -0.143. The van der Waals surface area contributed by atoms with E-state index in [-0.39, 0.29) is 5.97 Å². The van der Waals surface area contributed by atoms with Gasteiger partial charge < -0.3 is 4.74 Å². The highest BCUT2D eigenvalue weighted by molar-refractivity contribution is 5.69. The van der Waals surface area contributed by atoms with Crippen molar-refractivity contribution in [2.75, 3.05) is 6.61 Å². The van der Waals surface area contributed by atoms with Crippen LogP contribution in [0.5, 0.6) is 0 Å². The van der Waals surface area contributed by atoms with Gasteiger partial charge in [0, 0.05) is 6.42 Å². The molecule has 2 heteroatoms. The Balaban J connectivity index is 2.36. The molecule has 1 rings (SSSR count). The van der Waals surface area contributed by atoms with Gasteiger partial charge in [-0.3, -0.25) is 4.79 Å². The molecule has 0 aliphatic carbocycles. The van der Waals surface area contributed by atoms with Gasteiger partial charge in [0.05, 0.1) is 6.61 Å². The molecule has 1 aromatic carbocycles. The predicted molar refractivity (Wildman–Crippen MR) is 70.0 cm³/mol. The molecule has 0 N–H and O–H groups in total. The van der Waals surface area contributed by atoms with Gasteiger partial charge in [-0.05, 0) is 37.7 Å². The average Bonchev–Trinajstić information content (AvgIpc) is 2.36. The molecule has 0 aliphatic rings. The molecule has 0 spiro atoms. The second kappa shape index (κ2) is 7.88. The third-order valence-corrected chi connectivity index (χ3v) is 3.00. The van der Waals surface area contributed by atoms with Crippen LogP contribution < -0.4 is 0 Å². The van der Waals surface area contributed by atoms with Gasteiger partial charge in [0.25, 0.3) is 0 Å². The standard InChI is InChI=1S/C15H22O2/c1-3-13(14-9-6-5-7-10-14)11-8-12-15(16)17-4-2/h5-7,9-10,13H,3-4,8,11-12H2,1-2H3/t13-/m0/s1. The molecular formula is C15H22O2. The Morgan fingerprint density at radius 2 is 1.94 bits per heavy atom. The molecular weight excluding hydrogens is 212 g/mol. The molecule has 1 atom stereocenters. The maximum atomic E-state index is 11.2. The van der Waals surface area contributed by atoms with E-state index in [0.717, 1.165) is 19.3 Å². The minimum atomic E-state index is -0.0737. The first kappa shape index (κ1) is 13.8. The molecule has 2 nitrogen and oxygen atoms in total. The van der Waals surface area contributed by atoms with Crippen molar-refractivity contribution in [2.24, 2.45) is 0 Å².